The van der Waals surface area contributed by atoms with Crippen molar-refractivity contribution in [3.63, 3.8) is 0 Å². The number of hydrogen-bond donors (Lipinski definition) is 1. The summed E-state index contributed by atoms with van der Waals surface area (Å²) in [5, 5.41) is 4.10. The van der Waals surface area contributed by atoms with Crippen LogP contribution in [0.25, 0.3) is 11.1 Å². The third kappa shape index (κ3) is 3.79. The molecule has 0 fully saturated rings. The van der Waals surface area contributed by atoms with Gasteiger partial charge in [0.05, 0.1) is 0 Å². The summed E-state index contributed by atoms with van der Waals surface area (Å²) in [6.07, 6.45) is 2.85. The lowest BCUT2D eigenvalue weighted by molar-refractivity contribution is 0.138. The van der Waals surface area contributed by atoms with Crippen molar-refractivity contribution in [2.75, 3.05) is 5.32 Å². The van der Waals surface area contributed by atoms with Crippen LogP contribution < -0.4 is 10.1 Å². The molecule has 2 heterocycles. The highest BCUT2D eigenvalue weighted by Gasteiger charge is 2.30. The average Bonchev–Trinajstić information content (AvgIpc) is 2.93. The maximum absolute atomic E-state index is 6.21. The Kier molecular flexibility index (Phi) is 4.56. The number of benzene rings is 2. The Labute approximate surface area is 165 Å². The zero-order chi connectivity index (χ0) is 19.0. The van der Waals surface area contributed by atoms with Crippen LogP contribution >= 0.6 is 11.6 Å². The molecule has 3 nitrogen and oxygen atoms in total. The van der Waals surface area contributed by atoms with Gasteiger partial charge in [-0.2, -0.15) is 0 Å². The van der Waals surface area contributed by atoms with E-state index in [9.17, 15) is 0 Å². The van der Waals surface area contributed by atoms with E-state index in [0.29, 0.717) is 6.54 Å². The van der Waals surface area contributed by atoms with Crippen molar-refractivity contribution in [2.45, 2.75) is 39.3 Å². The first-order valence-electron chi connectivity index (χ1n) is 9.17. The van der Waals surface area contributed by atoms with Gasteiger partial charge >= 0.3 is 0 Å². The second-order valence-electron chi connectivity index (χ2n) is 7.69. The van der Waals surface area contributed by atoms with Gasteiger partial charge in [0.1, 0.15) is 17.2 Å². The first-order chi connectivity index (χ1) is 12.9. The van der Waals surface area contributed by atoms with Gasteiger partial charge < -0.3 is 10.1 Å². The Balaban J connectivity index is 1.52. The molecule has 0 bridgehead atoms. The molecule has 2 aromatic carbocycles. The lowest BCUT2D eigenvalue weighted by atomic mass is 9.95. The lowest BCUT2D eigenvalue weighted by Gasteiger charge is -2.16. The molecular weight excluding hydrogens is 356 g/mol. The van der Waals surface area contributed by atoms with E-state index in [1.807, 2.05) is 36.5 Å². The summed E-state index contributed by atoms with van der Waals surface area (Å²) in [7, 11) is 0. The fourth-order valence-electron chi connectivity index (χ4n) is 3.55. The van der Waals surface area contributed by atoms with Crippen molar-refractivity contribution >= 4 is 17.4 Å². The zero-order valence-corrected chi connectivity index (χ0v) is 16.6. The zero-order valence-electron chi connectivity index (χ0n) is 15.8. The van der Waals surface area contributed by atoms with E-state index < -0.39 is 0 Å². The van der Waals surface area contributed by atoms with Crippen LogP contribution in [0.5, 0.6) is 5.75 Å². The van der Waals surface area contributed by atoms with Gasteiger partial charge in [-0.25, -0.2) is 4.98 Å². The van der Waals surface area contributed by atoms with E-state index in [1.54, 1.807) is 0 Å². The molecule has 0 unspecified atom stereocenters. The first-order valence-corrected chi connectivity index (χ1v) is 9.55. The van der Waals surface area contributed by atoms with E-state index in [2.05, 4.69) is 49.3 Å². The predicted octanol–water partition coefficient (Wildman–Crippen LogP) is 6.04. The van der Waals surface area contributed by atoms with E-state index in [4.69, 9.17) is 16.3 Å². The fraction of sp³-hybridized carbons (Fsp3) is 0.261. The van der Waals surface area contributed by atoms with E-state index >= 15 is 0 Å². The molecule has 0 saturated carbocycles. The highest BCUT2D eigenvalue weighted by atomic mass is 35.5. The van der Waals surface area contributed by atoms with E-state index in [1.165, 1.54) is 16.7 Å². The van der Waals surface area contributed by atoms with Crippen LogP contribution in [0.4, 0.5) is 5.82 Å². The van der Waals surface area contributed by atoms with Crippen molar-refractivity contribution in [1.82, 2.24) is 4.98 Å². The quantitative estimate of drug-likeness (QED) is 0.601. The molecule has 27 heavy (non-hydrogen) atoms. The molecule has 0 spiro atoms. The molecule has 0 atom stereocenters. The van der Waals surface area contributed by atoms with Crippen LogP contribution in [0, 0.1) is 6.92 Å². The Morgan fingerprint density at radius 1 is 1.15 bits per heavy atom. The lowest BCUT2D eigenvalue weighted by Crippen LogP contribution is -2.24. The molecule has 0 saturated heterocycles. The standard InChI is InChI=1S/C23H23ClN2O/c1-15-10-21-18(12-23(2,3)27-21)11-19(15)16-8-9-22(25-13-16)26-14-17-6-4-5-7-20(17)24/h4-11,13H,12,14H2,1-3H3,(H,25,26). The molecule has 1 N–H and O–H groups in total. The smallest absolute Gasteiger partial charge is 0.126 e. The molecule has 3 aromatic rings. The maximum Gasteiger partial charge on any atom is 0.126 e. The van der Waals surface area contributed by atoms with Gasteiger partial charge in [-0.1, -0.05) is 29.8 Å². The van der Waals surface area contributed by atoms with Crippen molar-refractivity contribution < 1.29 is 4.74 Å². The number of anilines is 1. The highest BCUT2D eigenvalue weighted by molar-refractivity contribution is 6.31. The van der Waals surface area contributed by atoms with Gasteiger partial charge in [0.25, 0.3) is 0 Å². The number of pyridine rings is 1. The van der Waals surface area contributed by atoms with Crippen molar-refractivity contribution in [3.05, 3.63) is 76.4 Å². The third-order valence-corrected chi connectivity index (χ3v) is 5.27. The van der Waals surface area contributed by atoms with Gasteiger partial charge in [-0.05, 0) is 73.4 Å². The Hall–Kier alpha value is -2.52. The molecule has 1 aromatic heterocycles. The van der Waals surface area contributed by atoms with Crippen molar-refractivity contribution in [1.29, 1.82) is 0 Å². The topological polar surface area (TPSA) is 34.2 Å². The normalized spacial score (nSPS) is 14.5. The molecule has 0 aliphatic carbocycles. The number of fused-ring (bicyclic) bond motifs is 1. The predicted molar refractivity (Wildman–Crippen MR) is 112 cm³/mol. The molecule has 4 rings (SSSR count). The fourth-order valence-corrected chi connectivity index (χ4v) is 3.75. The number of ether oxygens (including phenoxy) is 1. The monoisotopic (exact) mass is 378 g/mol. The minimum absolute atomic E-state index is 0.127. The average molecular weight is 379 g/mol. The van der Waals surface area contributed by atoms with Crippen molar-refractivity contribution in [2.24, 2.45) is 0 Å². The number of nitrogens with one attached hydrogen (secondary N) is 1. The van der Waals surface area contributed by atoms with Crippen LogP contribution in [0.3, 0.4) is 0 Å². The van der Waals surface area contributed by atoms with Gasteiger partial charge in [0.2, 0.25) is 0 Å². The first kappa shape index (κ1) is 17.9. The minimum atomic E-state index is -0.127. The molecule has 1 aliphatic rings. The molecule has 0 amide bonds. The summed E-state index contributed by atoms with van der Waals surface area (Å²) < 4.78 is 6.03. The number of aromatic nitrogens is 1. The van der Waals surface area contributed by atoms with Gasteiger partial charge in [0.15, 0.2) is 0 Å². The van der Waals surface area contributed by atoms with Gasteiger partial charge in [-0.3, -0.25) is 0 Å². The molecule has 138 valence electrons. The van der Waals surface area contributed by atoms with Crippen LogP contribution in [-0.2, 0) is 13.0 Å². The molecule has 1 aliphatic heterocycles. The largest absolute Gasteiger partial charge is 0.487 e. The second kappa shape index (κ2) is 6.90. The number of aryl methyl sites for hydroxylation is 1. The Morgan fingerprint density at radius 2 is 1.96 bits per heavy atom. The number of hydrogen-bond acceptors (Lipinski definition) is 3. The second-order valence-corrected chi connectivity index (χ2v) is 8.10. The number of rotatable bonds is 4. The summed E-state index contributed by atoms with van der Waals surface area (Å²) in [4.78, 5) is 4.58. The van der Waals surface area contributed by atoms with Crippen LogP contribution in [0.2, 0.25) is 5.02 Å². The molecule has 0 radical (unpaired) electrons. The van der Waals surface area contributed by atoms with Crippen molar-refractivity contribution in [3.8, 4) is 16.9 Å². The summed E-state index contributed by atoms with van der Waals surface area (Å²) in [6.45, 7) is 7.02. The molecular formula is C23H23ClN2O. The molecule has 4 heteroatoms. The summed E-state index contributed by atoms with van der Waals surface area (Å²) in [5.41, 5.74) is 5.72. The van der Waals surface area contributed by atoms with Gasteiger partial charge in [-0.15, -0.1) is 0 Å². The summed E-state index contributed by atoms with van der Waals surface area (Å²) in [6, 6.07) is 16.3. The minimum Gasteiger partial charge on any atom is -0.487 e. The van der Waals surface area contributed by atoms with E-state index in [-0.39, 0.29) is 5.60 Å². The van der Waals surface area contributed by atoms with Crippen LogP contribution in [0.15, 0.2) is 54.7 Å². The van der Waals surface area contributed by atoms with Crippen LogP contribution in [-0.4, -0.2) is 10.6 Å². The Morgan fingerprint density at radius 3 is 2.70 bits per heavy atom. The summed E-state index contributed by atoms with van der Waals surface area (Å²) in [5.74, 6) is 1.84. The number of nitrogens with zero attached hydrogens (tertiary/aromatic N) is 1. The third-order valence-electron chi connectivity index (χ3n) is 4.90. The van der Waals surface area contributed by atoms with Crippen LogP contribution in [0.1, 0.15) is 30.5 Å². The van der Waals surface area contributed by atoms with Gasteiger partial charge in [0, 0.05) is 29.7 Å². The maximum atomic E-state index is 6.21. The van der Waals surface area contributed by atoms with E-state index in [0.717, 1.165) is 34.1 Å². The Bertz CT molecular complexity index is 980. The highest BCUT2D eigenvalue weighted by Crippen LogP contribution is 2.39. The number of halogens is 1. The SMILES string of the molecule is Cc1cc2c(cc1-c1ccc(NCc3ccccc3Cl)nc1)CC(C)(C)O2. The summed E-state index contributed by atoms with van der Waals surface area (Å²) >= 11 is 6.21.